The van der Waals surface area contributed by atoms with Gasteiger partial charge in [-0.05, 0) is 57.1 Å². The van der Waals surface area contributed by atoms with E-state index in [0.717, 1.165) is 0 Å². The van der Waals surface area contributed by atoms with E-state index in [9.17, 15) is 4.79 Å². The van der Waals surface area contributed by atoms with Crippen molar-refractivity contribution in [3.8, 4) is 5.75 Å². The number of likely N-dealkylation sites (tertiary alicyclic amines) is 1. The van der Waals surface area contributed by atoms with Crippen molar-refractivity contribution in [2.75, 3.05) is 13.6 Å². The van der Waals surface area contributed by atoms with Gasteiger partial charge in [-0.25, -0.2) is 4.79 Å². The number of nitrogens with zero attached hydrogens (tertiary/aromatic N) is 2. The summed E-state index contributed by atoms with van der Waals surface area (Å²) in [6.07, 6.45) is 4.46. The maximum Gasteiger partial charge on any atom is 0.339 e. The van der Waals surface area contributed by atoms with E-state index in [1.807, 2.05) is 12.3 Å². The van der Waals surface area contributed by atoms with Crippen molar-refractivity contribution in [2.24, 2.45) is 0 Å². The van der Waals surface area contributed by atoms with Crippen LogP contribution in [-0.4, -0.2) is 39.7 Å². The molecule has 1 fully saturated rings. The molecule has 2 heterocycles. The van der Waals surface area contributed by atoms with Crippen LogP contribution in [0, 0.1) is 6.92 Å². The lowest BCUT2D eigenvalue weighted by atomic mass is 10.0. The number of aromatic hydroxyl groups is 1. The molecule has 0 aliphatic carbocycles. The Balaban J connectivity index is 0.000000174. The van der Waals surface area contributed by atoms with Crippen molar-refractivity contribution >= 4 is 5.97 Å². The number of phenols is 1. The first-order valence-corrected chi connectivity index (χ1v) is 7.63. The number of carboxylic acids is 1. The first-order chi connectivity index (χ1) is 11.0. The van der Waals surface area contributed by atoms with Crippen molar-refractivity contribution in [3.05, 3.63) is 59.4 Å². The summed E-state index contributed by atoms with van der Waals surface area (Å²) in [7, 11) is 2.20. The van der Waals surface area contributed by atoms with Crippen LogP contribution in [0.15, 0.2) is 42.6 Å². The molecule has 0 unspecified atom stereocenters. The lowest BCUT2D eigenvalue weighted by Gasteiger charge is -2.20. The third kappa shape index (κ3) is 4.29. The largest absolute Gasteiger partial charge is 0.507 e. The predicted octanol–water partition coefficient (Wildman–Crippen LogP) is 3.25. The molecule has 0 spiro atoms. The molecule has 122 valence electrons. The highest BCUT2D eigenvalue weighted by atomic mass is 16.4. The molecule has 0 saturated carbocycles. The van der Waals surface area contributed by atoms with Gasteiger partial charge >= 0.3 is 5.97 Å². The van der Waals surface area contributed by atoms with Gasteiger partial charge in [-0.15, -0.1) is 0 Å². The number of aromatic nitrogens is 1. The summed E-state index contributed by atoms with van der Waals surface area (Å²) in [4.78, 5) is 17.0. The molecule has 5 nitrogen and oxygen atoms in total. The molecule has 1 aromatic heterocycles. The van der Waals surface area contributed by atoms with E-state index in [2.05, 4.69) is 29.9 Å². The van der Waals surface area contributed by atoms with Gasteiger partial charge in [-0.3, -0.25) is 9.88 Å². The zero-order valence-corrected chi connectivity index (χ0v) is 13.4. The van der Waals surface area contributed by atoms with Gasteiger partial charge in [0.1, 0.15) is 11.3 Å². The van der Waals surface area contributed by atoms with Crippen LogP contribution < -0.4 is 0 Å². The maximum absolute atomic E-state index is 10.3. The van der Waals surface area contributed by atoms with Gasteiger partial charge in [0.15, 0.2) is 0 Å². The van der Waals surface area contributed by atoms with Crippen molar-refractivity contribution in [1.82, 2.24) is 9.88 Å². The summed E-state index contributed by atoms with van der Waals surface area (Å²) in [5.41, 5.74) is 2.52. The van der Waals surface area contributed by atoms with Crippen LogP contribution in [-0.2, 0) is 0 Å². The minimum absolute atomic E-state index is 0.0671. The number of para-hydroxylation sites is 1. The molecule has 0 radical (unpaired) electrons. The van der Waals surface area contributed by atoms with E-state index < -0.39 is 5.97 Å². The zero-order chi connectivity index (χ0) is 16.8. The quantitative estimate of drug-likeness (QED) is 0.890. The molecule has 0 bridgehead atoms. The molecule has 5 heteroatoms. The zero-order valence-electron chi connectivity index (χ0n) is 13.4. The second-order valence-electron chi connectivity index (χ2n) is 5.64. The summed E-state index contributed by atoms with van der Waals surface area (Å²) in [6, 6.07) is 10.7. The van der Waals surface area contributed by atoms with E-state index in [-0.39, 0.29) is 11.3 Å². The van der Waals surface area contributed by atoms with Gasteiger partial charge in [0, 0.05) is 17.9 Å². The van der Waals surface area contributed by atoms with Crippen LogP contribution in [0.5, 0.6) is 5.75 Å². The Hall–Kier alpha value is -2.40. The second kappa shape index (κ2) is 7.74. The molecule has 2 aromatic rings. The molecule has 2 N–H and O–H groups in total. The van der Waals surface area contributed by atoms with Gasteiger partial charge < -0.3 is 10.2 Å². The first-order valence-electron chi connectivity index (χ1n) is 7.63. The second-order valence-corrected chi connectivity index (χ2v) is 5.64. The lowest BCUT2D eigenvalue weighted by Crippen LogP contribution is -2.18. The SMILES string of the molecule is Cc1ncccc1[C@@H]1CCCN1C.O=C(O)c1ccccc1O. The van der Waals surface area contributed by atoms with Crippen molar-refractivity contribution < 1.29 is 15.0 Å². The number of hydrogen-bond acceptors (Lipinski definition) is 4. The average Bonchev–Trinajstić information content (AvgIpc) is 2.94. The Labute approximate surface area is 136 Å². The normalized spacial score (nSPS) is 17.4. The molecule has 1 aliphatic heterocycles. The summed E-state index contributed by atoms with van der Waals surface area (Å²) < 4.78 is 0. The lowest BCUT2D eigenvalue weighted by molar-refractivity contribution is 0.0693. The van der Waals surface area contributed by atoms with Gasteiger partial charge in [0.2, 0.25) is 0 Å². The van der Waals surface area contributed by atoms with Crippen molar-refractivity contribution in [1.29, 1.82) is 0 Å². The van der Waals surface area contributed by atoms with Crippen molar-refractivity contribution in [2.45, 2.75) is 25.8 Å². The number of aryl methyl sites for hydroxylation is 1. The van der Waals surface area contributed by atoms with E-state index in [4.69, 9.17) is 10.2 Å². The minimum Gasteiger partial charge on any atom is -0.507 e. The Morgan fingerprint density at radius 3 is 2.52 bits per heavy atom. The highest BCUT2D eigenvalue weighted by molar-refractivity contribution is 5.90. The minimum atomic E-state index is -1.11. The van der Waals surface area contributed by atoms with Crippen LogP contribution in [0.3, 0.4) is 0 Å². The molecule has 1 aliphatic rings. The Morgan fingerprint density at radius 2 is 2.00 bits per heavy atom. The monoisotopic (exact) mass is 314 g/mol. The third-order valence-corrected chi connectivity index (χ3v) is 4.06. The number of pyridine rings is 1. The molecule has 1 aromatic carbocycles. The topological polar surface area (TPSA) is 73.7 Å². The van der Waals surface area contributed by atoms with Crippen LogP contribution in [0.1, 0.15) is 40.5 Å². The van der Waals surface area contributed by atoms with Gasteiger partial charge in [0.25, 0.3) is 0 Å². The smallest absolute Gasteiger partial charge is 0.339 e. The van der Waals surface area contributed by atoms with Crippen molar-refractivity contribution in [3.63, 3.8) is 0 Å². The summed E-state index contributed by atoms with van der Waals surface area (Å²) in [5.74, 6) is -1.31. The summed E-state index contributed by atoms with van der Waals surface area (Å²) >= 11 is 0. The fourth-order valence-electron chi connectivity index (χ4n) is 2.81. The number of carboxylic acid groups (broad SMARTS) is 1. The fourth-order valence-corrected chi connectivity index (χ4v) is 2.81. The fraction of sp³-hybridized carbons (Fsp3) is 0.333. The van der Waals surface area contributed by atoms with E-state index >= 15 is 0 Å². The Morgan fingerprint density at radius 1 is 1.26 bits per heavy atom. The summed E-state index contributed by atoms with van der Waals surface area (Å²) in [6.45, 7) is 3.32. The highest BCUT2D eigenvalue weighted by Gasteiger charge is 2.23. The number of rotatable bonds is 2. The Kier molecular flexibility index (Phi) is 5.71. The molecular weight excluding hydrogens is 292 g/mol. The standard InChI is InChI=1S/C11H16N2.C7H6O3/c1-9-10(5-3-7-12-9)11-6-4-8-13(11)2;8-6-4-2-1-3-5(6)7(9)10/h3,5,7,11H,4,6,8H2,1-2H3;1-4,8H,(H,9,10)/t11-;/m0./s1. The number of hydrogen-bond donors (Lipinski definition) is 2. The van der Waals surface area contributed by atoms with Gasteiger partial charge in [-0.1, -0.05) is 18.2 Å². The van der Waals surface area contributed by atoms with Crippen LogP contribution in [0.25, 0.3) is 0 Å². The molecule has 3 rings (SSSR count). The van der Waals surface area contributed by atoms with E-state index in [1.54, 1.807) is 12.1 Å². The maximum atomic E-state index is 10.3. The van der Waals surface area contributed by atoms with Crippen LogP contribution in [0.4, 0.5) is 0 Å². The molecule has 23 heavy (non-hydrogen) atoms. The third-order valence-electron chi connectivity index (χ3n) is 4.06. The van der Waals surface area contributed by atoms with Gasteiger partial charge in [0.05, 0.1) is 0 Å². The average molecular weight is 314 g/mol. The van der Waals surface area contributed by atoms with E-state index in [1.165, 1.54) is 42.8 Å². The predicted molar refractivity (Wildman–Crippen MR) is 88.6 cm³/mol. The van der Waals surface area contributed by atoms with Crippen LogP contribution >= 0.6 is 0 Å². The molecular formula is C18H22N2O3. The first kappa shape index (κ1) is 17.0. The van der Waals surface area contributed by atoms with Gasteiger partial charge in [-0.2, -0.15) is 0 Å². The number of benzene rings is 1. The highest BCUT2D eigenvalue weighted by Crippen LogP contribution is 2.31. The molecule has 1 saturated heterocycles. The molecule has 0 amide bonds. The van der Waals surface area contributed by atoms with E-state index in [0.29, 0.717) is 6.04 Å². The Bertz CT molecular complexity index is 673. The number of aromatic carboxylic acids is 1. The number of carbonyl (C=O) groups is 1. The summed E-state index contributed by atoms with van der Waals surface area (Å²) in [5, 5.41) is 17.3. The molecule has 1 atom stereocenters. The van der Waals surface area contributed by atoms with Crippen LogP contribution in [0.2, 0.25) is 0 Å².